The molecule has 0 aliphatic carbocycles. The summed E-state index contributed by atoms with van der Waals surface area (Å²) in [5.41, 5.74) is 1.40. The SMILES string of the molecule is CC(C)=CCC[C@@H](C)CC=C[C@H](C)O. The van der Waals surface area contributed by atoms with E-state index in [1.54, 1.807) is 6.92 Å². The van der Waals surface area contributed by atoms with Gasteiger partial charge in [-0.3, -0.25) is 0 Å². The zero-order valence-corrected chi connectivity index (χ0v) is 9.96. The smallest absolute Gasteiger partial charge is 0.0692 e. The number of aliphatic hydroxyl groups is 1. The fourth-order valence-electron chi connectivity index (χ4n) is 1.28. The Hall–Kier alpha value is -0.560. The minimum absolute atomic E-state index is 0.306. The van der Waals surface area contributed by atoms with Gasteiger partial charge in [0.2, 0.25) is 0 Å². The fraction of sp³-hybridized carbons (Fsp3) is 0.692. The van der Waals surface area contributed by atoms with Gasteiger partial charge in [-0.1, -0.05) is 30.7 Å². The van der Waals surface area contributed by atoms with E-state index >= 15 is 0 Å². The lowest BCUT2D eigenvalue weighted by atomic mass is 10.0. The van der Waals surface area contributed by atoms with Gasteiger partial charge in [0.05, 0.1) is 6.10 Å². The average molecular weight is 196 g/mol. The number of hydrogen-bond donors (Lipinski definition) is 1. The van der Waals surface area contributed by atoms with Gasteiger partial charge < -0.3 is 5.11 Å². The molecule has 0 fully saturated rings. The van der Waals surface area contributed by atoms with Gasteiger partial charge in [-0.05, 0) is 46.0 Å². The van der Waals surface area contributed by atoms with Crippen molar-refractivity contribution in [2.45, 2.75) is 53.1 Å². The monoisotopic (exact) mass is 196 g/mol. The van der Waals surface area contributed by atoms with Gasteiger partial charge in [0.15, 0.2) is 0 Å². The molecule has 0 heterocycles. The van der Waals surface area contributed by atoms with Crippen LogP contribution in [0, 0.1) is 5.92 Å². The molecule has 0 bridgehead atoms. The van der Waals surface area contributed by atoms with Gasteiger partial charge in [0.1, 0.15) is 0 Å². The van der Waals surface area contributed by atoms with Gasteiger partial charge in [-0.25, -0.2) is 0 Å². The molecular weight excluding hydrogens is 172 g/mol. The summed E-state index contributed by atoms with van der Waals surface area (Å²) in [6, 6.07) is 0. The standard InChI is InChI=1S/C13H24O/c1-11(2)7-5-8-12(3)9-6-10-13(4)14/h6-7,10,12-14H,5,8-9H2,1-4H3/t12-,13+/m1/s1. The molecule has 0 saturated carbocycles. The third-order valence-electron chi connectivity index (χ3n) is 2.17. The first-order valence-electron chi connectivity index (χ1n) is 5.50. The molecule has 0 unspecified atom stereocenters. The summed E-state index contributed by atoms with van der Waals surface area (Å²) in [4.78, 5) is 0. The Morgan fingerprint density at radius 2 is 1.93 bits per heavy atom. The van der Waals surface area contributed by atoms with Crippen molar-refractivity contribution in [3.8, 4) is 0 Å². The summed E-state index contributed by atoms with van der Waals surface area (Å²) < 4.78 is 0. The molecule has 2 atom stereocenters. The first kappa shape index (κ1) is 13.4. The van der Waals surface area contributed by atoms with E-state index < -0.39 is 0 Å². The van der Waals surface area contributed by atoms with E-state index in [9.17, 15) is 0 Å². The van der Waals surface area contributed by atoms with Crippen LogP contribution in [0.4, 0.5) is 0 Å². The molecule has 0 aliphatic heterocycles. The van der Waals surface area contributed by atoms with Crippen LogP contribution in [0.2, 0.25) is 0 Å². The Labute approximate surface area is 88.5 Å². The first-order chi connectivity index (χ1) is 6.52. The molecule has 0 saturated heterocycles. The molecule has 14 heavy (non-hydrogen) atoms. The van der Waals surface area contributed by atoms with Crippen LogP contribution >= 0.6 is 0 Å². The van der Waals surface area contributed by atoms with Crippen LogP contribution in [0.5, 0.6) is 0 Å². The van der Waals surface area contributed by atoms with Crippen molar-refractivity contribution >= 4 is 0 Å². The minimum Gasteiger partial charge on any atom is -0.389 e. The van der Waals surface area contributed by atoms with E-state index in [1.165, 1.54) is 18.4 Å². The highest BCUT2D eigenvalue weighted by atomic mass is 16.3. The van der Waals surface area contributed by atoms with E-state index in [1.807, 2.05) is 6.08 Å². The van der Waals surface area contributed by atoms with Crippen LogP contribution in [-0.4, -0.2) is 11.2 Å². The third-order valence-corrected chi connectivity index (χ3v) is 2.17. The van der Waals surface area contributed by atoms with Crippen LogP contribution < -0.4 is 0 Å². The zero-order chi connectivity index (χ0) is 11.0. The maximum Gasteiger partial charge on any atom is 0.0692 e. The van der Waals surface area contributed by atoms with Crippen molar-refractivity contribution in [1.29, 1.82) is 0 Å². The summed E-state index contributed by atoms with van der Waals surface area (Å²) in [5.74, 6) is 0.709. The fourth-order valence-corrected chi connectivity index (χ4v) is 1.28. The first-order valence-corrected chi connectivity index (χ1v) is 5.50. The number of hydrogen-bond acceptors (Lipinski definition) is 1. The quantitative estimate of drug-likeness (QED) is 0.642. The van der Waals surface area contributed by atoms with E-state index in [0.29, 0.717) is 5.92 Å². The summed E-state index contributed by atoms with van der Waals surface area (Å²) in [6.07, 6.45) is 9.40. The number of aliphatic hydroxyl groups excluding tert-OH is 1. The molecule has 1 heteroatoms. The minimum atomic E-state index is -0.306. The highest BCUT2D eigenvalue weighted by molar-refractivity contribution is 4.93. The van der Waals surface area contributed by atoms with E-state index in [0.717, 1.165) is 6.42 Å². The molecule has 82 valence electrons. The molecule has 0 aromatic heterocycles. The molecule has 0 amide bonds. The normalized spacial score (nSPS) is 15.5. The van der Waals surface area contributed by atoms with Gasteiger partial charge >= 0.3 is 0 Å². The van der Waals surface area contributed by atoms with Crippen molar-refractivity contribution in [3.05, 3.63) is 23.8 Å². The van der Waals surface area contributed by atoms with Crippen molar-refractivity contribution in [2.24, 2.45) is 5.92 Å². The highest BCUT2D eigenvalue weighted by Crippen LogP contribution is 2.12. The van der Waals surface area contributed by atoms with Crippen molar-refractivity contribution in [2.75, 3.05) is 0 Å². The maximum atomic E-state index is 9.02. The second-order valence-corrected chi connectivity index (χ2v) is 4.37. The predicted octanol–water partition coefficient (Wildman–Crippen LogP) is 3.70. The predicted molar refractivity (Wildman–Crippen MR) is 63.3 cm³/mol. The van der Waals surface area contributed by atoms with Crippen molar-refractivity contribution in [3.63, 3.8) is 0 Å². The van der Waals surface area contributed by atoms with Crippen LogP contribution in [0.1, 0.15) is 47.0 Å². The molecule has 0 aromatic rings. The Morgan fingerprint density at radius 3 is 2.43 bits per heavy atom. The molecule has 1 nitrogen and oxygen atoms in total. The topological polar surface area (TPSA) is 20.2 Å². The summed E-state index contributed by atoms with van der Waals surface area (Å²) in [7, 11) is 0. The number of rotatable bonds is 6. The van der Waals surface area contributed by atoms with Gasteiger partial charge in [0, 0.05) is 0 Å². The Balaban J connectivity index is 3.56. The molecule has 1 N–H and O–H groups in total. The second-order valence-electron chi connectivity index (χ2n) is 4.37. The van der Waals surface area contributed by atoms with Crippen LogP contribution in [0.3, 0.4) is 0 Å². The van der Waals surface area contributed by atoms with Gasteiger partial charge in [0.25, 0.3) is 0 Å². The molecule has 0 rings (SSSR count). The zero-order valence-electron chi connectivity index (χ0n) is 9.96. The average Bonchev–Trinajstić information content (AvgIpc) is 2.02. The van der Waals surface area contributed by atoms with Gasteiger partial charge in [-0.2, -0.15) is 0 Å². The lowest BCUT2D eigenvalue weighted by Gasteiger charge is -2.06. The van der Waals surface area contributed by atoms with Crippen LogP contribution in [0.15, 0.2) is 23.8 Å². The lowest BCUT2D eigenvalue weighted by molar-refractivity contribution is 0.243. The van der Waals surface area contributed by atoms with Gasteiger partial charge in [-0.15, -0.1) is 0 Å². The van der Waals surface area contributed by atoms with Crippen molar-refractivity contribution < 1.29 is 5.11 Å². The summed E-state index contributed by atoms with van der Waals surface area (Å²) >= 11 is 0. The van der Waals surface area contributed by atoms with Crippen LogP contribution in [-0.2, 0) is 0 Å². The Morgan fingerprint density at radius 1 is 1.29 bits per heavy atom. The van der Waals surface area contributed by atoms with E-state index in [2.05, 4.69) is 32.9 Å². The Kier molecular flexibility index (Phi) is 7.50. The third kappa shape index (κ3) is 9.53. The highest BCUT2D eigenvalue weighted by Gasteiger charge is 1.97. The molecular formula is C13H24O. The molecule has 0 spiro atoms. The maximum absolute atomic E-state index is 9.02. The molecule has 0 aliphatic rings. The van der Waals surface area contributed by atoms with E-state index in [4.69, 9.17) is 5.11 Å². The molecule has 0 aromatic carbocycles. The van der Waals surface area contributed by atoms with Crippen molar-refractivity contribution in [1.82, 2.24) is 0 Å². The largest absolute Gasteiger partial charge is 0.389 e. The van der Waals surface area contributed by atoms with E-state index in [-0.39, 0.29) is 6.10 Å². The summed E-state index contributed by atoms with van der Waals surface area (Å²) in [5, 5.41) is 9.02. The number of allylic oxidation sites excluding steroid dienone is 3. The Bertz CT molecular complexity index is 185. The second kappa shape index (κ2) is 7.81. The lowest BCUT2D eigenvalue weighted by Crippen LogP contribution is -1.95. The summed E-state index contributed by atoms with van der Waals surface area (Å²) in [6.45, 7) is 8.31. The van der Waals surface area contributed by atoms with Crippen LogP contribution in [0.25, 0.3) is 0 Å². The molecule has 0 radical (unpaired) electrons.